The summed E-state index contributed by atoms with van der Waals surface area (Å²) in [5.41, 5.74) is -0.0746. The minimum Gasteiger partial charge on any atom is -0.340 e. The Kier molecular flexibility index (Phi) is 4.32. The van der Waals surface area contributed by atoms with Crippen LogP contribution in [0.4, 0.5) is 0 Å². The zero-order chi connectivity index (χ0) is 15.4. The Hall–Kier alpha value is -2.44. The smallest absolute Gasteiger partial charge is 0.250 e. The third kappa shape index (κ3) is 3.24. The van der Waals surface area contributed by atoms with Crippen molar-refractivity contribution in [1.82, 2.24) is 24.2 Å². The van der Waals surface area contributed by atoms with Gasteiger partial charge in [-0.25, -0.2) is 9.67 Å². The lowest BCUT2D eigenvalue weighted by Crippen LogP contribution is -2.41. The molecule has 1 unspecified atom stereocenters. The van der Waals surface area contributed by atoms with Gasteiger partial charge in [0.15, 0.2) is 0 Å². The molecule has 1 fully saturated rings. The maximum atomic E-state index is 12.4. The van der Waals surface area contributed by atoms with Gasteiger partial charge in [0.1, 0.15) is 12.7 Å². The third-order valence-corrected chi connectivity index (χ3v) is 4.03. The lowest BCUT2D eigenvalue weighted by atomic mass is 10.1. The fourth-order valence-corrected chi connectivity index (χ4v) is 2.82. The molecule has 22 heavy (non-hydrogen) atoms. The molecule has 1 aliphatic rings. The van der Waals surface area contributed by atoms with Crippen LogP contribution in [-0.4, -0.2) is 43.2 Å². The van der Waals surface area contributed by atoms with Crippen molar-refractivity contribution in [2.75, 3.05) is 13.1 Å². The zero-order valence-corrected chi connectivity index (χ0v) is 12.3. The van der Waals surface area contributed by atoms with E-state index in [1.54, 1.807) is 29.2 Å². The number of aryl methyl sites for hydroxylation is 1. The molecule has 1 atom stereocenters. The van der Waals surface area contributed by atoms with Gasteiger partial charge in [-0.2, -0.15) is 5.10 Å². The number of aromatic nitrogens is 4. The van der Waals surface area contributed by atoms with Crippen LogP contribution < -0.4 is 5.56 Å². The number of hydrogen-bond acceptors (Lipinski definition) is 4. The number of rotatable bonds is 4. The highest BCUT2D eigenvalue weighted by molar-refractivity contribution is 5.76. The van der Waals surface area contributed by atoms with Gasteiger partial charge in [-0.15, -0.1) is 0 Å². The first kappa shape index (κ1) is 14.5. The fraction of sp³-hybridized carbons (Fsp3) is 0.467. The Balaban J connectivity index is 1.58. The molecular formula is C15H19N5O2. The summed E-state index contributed by atoms with van der Waals surface area (Å²) in [4.78, 5) is 29.8. The highest BCUT2D eigenvalue weighted by atomic mass is 16.2. The van der Waals surface area contributed by atoms with Crippen molar-refractivity contribution < 1.29 is 4.79 Å². The van der Waals surface area contributed by atoms with E-state index in [1.165, 1.54) is 12.4 Å². The number of likely N-dealkylation sites (tertiary alicyclic amines) is 1. The predicted octanol–water partition coefficient (Wildman–Crippen LogP) is 0.694. The molecule has 2 aromatic heterocycles. The van der Waals surface area contributed by atoms with Crippen LogP contribution >= 0.6 is 0 Å². The largest absolute Gasteiger partial charge is 0.340 e. The Morgan fingerprint density at radius 2 is 2.27 bits per heavy atom. The van der Waals surface area contributed by atoms with Gasteiger partial charge >= 0.3 is 0 Å². The van der Waals surface area contributed by atoms with Gasteiger partial charge in [-0.05, 0) is 18.9 Å². The number of carbonyl (C=O) groups excluding carboxylic acids is 1. The summed E-state index contributed by atoms with van der Waals surface area (Å²) in [7, 11) is 0. The monoisotopic (exact) mass is 301 g/mol. The van der Waals surface area contributed by atoms with E-state index in [1.807, 2.05) is 9.58 Å². The molecule has 0 spiro atoms. The molecule has 0 radical (unpaired) electrons. The SMILES string of the molecule is O=C(CCn1ccccc1=O)N1CCCC(n2cncn2)C1. The molecule has 116 valence electrons. The molecule has 2 aromatic rings. The summed E-state index contributed by atoms with van der Waals surface area (Å²) in [6.45, 7) is 1.85. The fourth-order valence-electron chi connectivity index (χ4n) is 2.82. The first-order chi connectivity index (χ1) is 10.7. The van der Waals surface area contributed by atoms with Crippen LogP contribution in [0.2, 0.25) is 0 Å². The van der Waals surface area contributed by atoms with E-state index in [9.17, 15) is 9.59 Å². The van der Waals surface area contributed by atoms with E-state index in [0.717, 1.165) is 19.4 Å². The van der Waals surface area contributed by atoms with Crippen LogP contribution in [0, 0.1) is 0 Å². The molecule has 7 heteroatoms. The molecule has 7 nitrogen and oxygen atoms in total. The van der Waals surface area contributed by atoms with Crippen LogP contribution in [0.3, 0.4) is 0 Å². The first-order valence-corrected chi connectivity index (χ1v) is 7.51. The highest BCUT2D eigenvalue weighted by Crippen LogP contribution is 2.20. The van der Waals surface area contributed by atoms with Gasteiger partial charge in [-0.3, -0.25) is 9.59 Å². The minimum absolute atomic E-state index is 0.0746. The minimum atomic E-state index is -0.0746. The summed E-state index contributed by atoms with van der Waals surface area (Å²) < 4.78 is 3.39. The van der Waals surface area contributed by atoms with Crippen LogP contribution in [0.25, 0.3) is 0 Å². The highest BCUT2D eigenvalue weighted by Gasteiger charge is 2.24. The van der Waals surface area contributed by atoms with Crippen molar-refractivity contribution in [3.05, 3.63) is 47.4 Å². The summed E-state index contributed by atoms with van der Waals surface area (Å²) in [5, 5.41) is 4.16. The first-order valence-electron chi connectivity index (χ1n) is 7.51. The molecule has 0 N–H and O–H groups in total. The van der Waals surface area contributed by atoms with Crippen LogP contribution in [0.1, 0.15) is 25.3 Å². The molecule has 0 saturated carbocycles. The van der Waals surface area contributed by atoms with Crippen molar-refractivity contribution in [3.63, 3.8) is 0 Å². The molecule has 0 aliphatic carbocycles. The number of piperidine rings is 1. The van der Waals surface area contributed by atoms with Gasteiger partial charge < -0.3 is 9.47 Å². The number of carbonyl (C=O) groups is 1. The molecule has 3 heterocycles. The Morgan fingerprint density at radius 1 is 1.36 bits per heavy atom. The van der Waals surface area contributed by atoms with E-state index in [4.69, 9.17) is 0 Å². The Bertz CT molecular complexity index is 679. The molecule has 0 aromatic carbocycles. The molecular weight excluding hydrogens is 282 g/mol. The summed E-state index contributed by atoms with van der Waals surface area (Å²) in [5.74, 6) is 0.0839. The quantitative estimate of drug-likeness (QED) is 0.833. The number of pyridine rings is 1. The second-order valence-corrected chi connectivity index (χ2v) is 5.49. The summed E-state index contributed by atoms with van der Waals surface area (Å²) >= 11 is 0. The number of hydrogen-bond donors (Lipinski definition) is 0. The predicted molar refractivity (Wildman–Crippen MR) is 80.2 cm³/mol. The number of amides is 1. The van der Waals surface area contributed by atoms with Gasteiger partial charge in [0.2, 0.25) is 5.91 Å². The van der Waals surface area contributed by atoms with E-state index in [-0.39, 0.29) is 17.5 Å². The van der Waals surface area contributed by atoms with Gasteiger partial charge in [0, 0.05) is 38.3 Å². The molecule has 1 aliphatic heterocycles. The average molecular weight is 301 g/mol. The standard InChI is InChI=1S/C15H19N5O2/c21-14-5-1-2-7-18(14)9-6-15(22)19-8-3-4-13(10-19)20-12-16-11-17-20/h1-2,5,7,11-13H,3-4,6,8-10H2. The molecule has 1 amide bonds. The normalized spacial score (nSPS) is 18.4. The van der Waals surface area contributed by atoms with Crippen LogP contribution in [0.5, 0.6) is 0 Å². The zero-order valence-electron chi connectivity index (χ0n) is 12.3. The van der Waals surface area contributed by atoms with Gasteiger partial charge in [0.25, 0.3) is 5.56 Å². The lowest BCUT2D eigenvalue weighted by molar-refractivity contribution is -0.133. The van der Waals surface area contributed by atoms with Crippen molar-refractivity contribution >= 4 is 5.91 Å². The molecule has 1 saturated heterocycles. The summed E-state index contributed by atoms with van der Waals surface area (Å²) in [6.07, 6.45) is 7.23. The third-order valence-electron chi connectivity index (χ3n) is 4.03. The number of nitrogens with zero attached hydrogens (tertiary/aromatic N) is 5. The second-order valence-electron chi connectivity index (χ2n) is 5.49. The maximum absolute atomic E-state index is 12.4. The van der Waals surface area contributed by atoms with Crippen LogP contribution in [0.15, 0.2) is 41.8 Å². The van der Waals surface area contributed by atoms with Crippen molar-refractivity contribution in [3.8, 4) is 0 Å². The average Bonchev–Trinajstić information content (AvgIpc) is 3.08. The van der Waals surface area contributed by atoms with Gasteiger partial charge in [0.05, 0.1) is 6.04 Å². The van der Waals surface area contributed by atoms with E-state index in [2.05, 4.69) is 10.1 Å². The second kappa shape index (κ2) is 6.55. The topological polar surface area (TPSA) is 73.0 Å². The van der Waals surface area contributed by atoms with Crippen molar-refractivity contribution in [2.45, 2.75) is 31.8 Å². The van der Waals surface area contributed by atoms with Crippen molar-refractivity contribution in [2.24, 2.45) is 0 Å². The summed E-state index contributed by atoms with van der Waals surface area (Å²) in [6, 6.07) is 5.20. The molecule has 3 rings (SSSR count). The Morgan fingerprint density at radius 3 is 3.05 bits per heavy atom. The van der Waals surface area contributed by atoms with Gasteiger partial charge in [-0.1, -0.05) is 6.07 Å². The Labute approximate surface area is 128 Å². The van der Waals surface area contributed by atoms with Crippen LogP contribution in [-0.2, 0) is 11.3 Å². The van der Waals surface area contributed by atoms with E-state index in [0.29, 0.717) is 19.5 Å². The maximum Gasteiger partial charge on any atom is 0.250 e. The van der Waals surface area contributed by atoms with E-state index < -0.39 is 0 Å². The molecule has 0 bridgehead atoms. The van der Waals surface area contributed by atoms with Crippen molar-refractivity contribution in [1.29, 1.82) is 0 Å². The van der Waals surface area contributed by atoms with E-state index >= 15 is 0 Å². The lowest BCUT2D eigenvalue weighted by Gasteiger charge is -2.32.